The monoisotopic (exact) mass is 291 g/mol. The maximum absolute atomic E-state index is 12.7. The molecule has 1 saturated heterocycles. The first-order chi connectivity index (χ1) is 10.0. The number of carbonyl (C=O) groups is 2. The number of ether oxygens (including phenoxy) is 1. The van der Waals surface area contributed by atoms with Gasteiger partial charge >= 0.3 is 5.97 Å². The molecule has 114 valence electrons. The summed E-state index contributed by atoms with van der Waals surface area (Å²) in [5.41, 5.74) is 1.55. The minimum Gasteiger partial charge on any atom is -0.496 e. The summed E-state index contributed by atoms with van der Waals surface area (Å²) in [5, 5.41) is 8.90. The smallest absolute Gasteiger partial charge is 0.303 e. The molecule has 1 aromatic rings. The number of hydrogen-bond donors (Lipinski definition) is 1. The molecular weight excluding hydrogens is 270 g/mol. The number of piperidine rings is 1. The number of aryl methyl sites for hydroxylation is 1. The lowest BCUT2D eigenvalue weighted by atomic mass is 9.94. The molecule has 21 heavy (non-hydrogen) atoms. The standard InChI is InChI=1S/C16H21NO4/c1-11-5-6-14(21-2)13(8-11)16(20)17-7-3-4-12(10-17)9-15(18)19/h5-6,8,12H,3-4,7,9-10H2,1-2H3,(H,18,19). The lowest BCUT2D eigenvalue weighted by Gasteiger charge is -2.32. The van der Waals surface area contributed by atoms with Crippen molar-refractivity contribution in [1.29, 1.82) is 0 Å². The van der Waals surface area contributed by atoms with Crippen LogP contribution in [0.5, 0.6) is 5.75 Å². The lowest BCUT2D eigenvalue weighted by molar-refractivity contribution is -0.138. The van der Waals surface area contributed by atoms with Crippen LogP contribution >= 0.6 is 0 Å². The van der Waals surface area contributed by atoms with E-state index in [2.05, 4.69) is 0 Å². The Morgan fingerprint density at radius 2 is 2.19 bits per heavy atom. The fourth-order valence-corrected chi connectivity index (χ4v) is 2.82. The number of carbonyl (C=O) groups excluding carboxylic acids is 1. The van der Waals surface area contributed by atoms with Gasteiger partial charge in [0.2, 0.25) is 0 Å². The molecule has 1 aliphatic rings. The van der Waals surface area contributed by atoms with Gasteiger partial charge in [-0.15, -0.1) is 0 Å². The summed E-state index contributed by atoms with van der Waals surface area (Å²) < 4.78 is 5.26. The zero-order valence-electron chi connectivity index (χ0n) is 12.5. The fraction of sp³-hybridized carbons (Fsp3) is 0.500. The van der Waals surface area contributed by atoms with Crippen LogP contribution in [0, 0.1) is 12.8 Å². The van der Waals surface area contributed by atoms with Crippen molar-refractivity contribution in [2.45, 2.75) is 26.2 Å². The second kappa shape index (κ2) is 6.61. The molecule has 5 nitrogen and oxygen atoms in total. The van der Waals surface area contributed by atoms with Gasteiger partial charge in [0.05, 0.1) is 12.7 Å². The highest BCUT2D eigenvalue weighted by molar-refractivity contribution is 5.97. The maximum Gasteiger partial charge on any atom is 0.303 e. The molecule has 1 N–H and O–H groups in total. The van der Waals surface area contributed by atoms with Crippen LogP contribution < -0.4 is 4.74 Å². The van der Waals surface area contributed by atoms with Gasteiger partial charge in [0.25, 0.3) is 5.91 Å². The van der Waals surface area contributed by atoms with Gasteiger partial charge < -0.3 is 14.7 Å². The van der Waals surface area contributed by atoms with Gasteiger partial charge in [0, 0.05) is 19.5 Å². The molecule has 0 bridgehead atoms. The normalized spacial score (nSPS) is 18.4. The number of benzene rings is 1. The van der Waals surface area contributed by atoms with E-state index in [0.29, 0.717) is 24.4 Å². The molecule has 5 heteroatoms. The summed E-state index contributed by atoms with van der Waals surface area (Å²) in [4.78, 5) is 25.2. The number of likely N-dealkylation sites (tertiary alicyclic amines) is 1. The molecule has 0 saturated carbocycles. The first-order valence-corrected chi connectivity index (χ1v) is 7.17. The Kier molecular flexibility index (Phi) is 4.83. The maximum atomic E-state index is 12.7. The second-order valence-corrected chi connectivity index (χ2v) is 5.56. The molecule has 1 atom stereocenters. The van der Waals surface area contributed by atoms with Crippen molar-refractivity contribution >= 4 is 11.9 Å². The molecule has 0 spiro atoms. The third-order valence-corrected chi connectivity index (χ3v) is 3.85. The average molecular weight is 291 g/mol. The predicted molar refractivity (Wildman–Crippen MR) is 78.6 cm³/mol. The topological polar surface area (TPSA) is 66.8 Å². The minimum atomic E-state index is -0.803. The number of amides is 1. The largest absolute Gasteiger partial charge is 0.496 e. The van der Waals surface area contributed by atoms with Crippen molar-refractivity contribution in [3.8, 4) is 5.75 Å². The van der Waals surface area contributed by atoms with Gasteiger partial charge in [-0.25, -0.2) is 0 Å². The van der Waals surface area contributed by atoms with Crippen LogP contribution in [0.2, 0.25) is 0 Å². The first-order valence-electron chi connectivity index (χ1n) is 7.17. The lowest BCUT2D eigenvalue weighted by Crippen LogP contribution is -2.40. The summed E-state index contributed by atoms with van der Waals surface area (Å²) in [7, 11) is 1.55. The molecule has 2 rings (SSSR count). The summed E-state index contributed by atoms with van der Waals surface area (Å²) in [6.07, 6.45) is 1.83. The van der Waals surface area contributed by atoms with Crippen LogP contribution in [0.25, 0.3) is 0 Å². The highest BCUT2D eigenvalue weighted by Gasteiger charge is 2.27. The number of methoxy groups -OCH3 is 1. The van der Waals surface area contributed by atoms with Crippen LogP contribution in [0.1, 0.15) is 35.2 Å². The molecule has 1 unspecified atom stereocenters. The van der Waals surface area contributed by atoms with E-state index in [1.807, 2.05) is 19.1 Å². The van der Waals surface area contributed by atoms with Crippen molar-refractivity contribution in [3.05, 3.63) is 29.3 Å². The summed E-state index contributed by atoms with van der Waals surface area (Å²) in [6.45, 7) is 3.11. The van der Waals surface area contributed by atoms with Crippen molar-refractivity contribution in [2.75, 3.05) is 20.2 Å². The van der Waals surface area contributed by atoms with Crippen LogP contribution in [-0.2, 0) is 4.79 Å². The van der Waals surface area contributed by atoms with Gasteiger partial charge in [-0.2, -0.15) is 0 Å². The van der Waals surface area contributed by atoms with Crippen molar-refractivity contribution in [3.63, 3.8) is 0 Å². The molecule has 1 aliphatic heterocycles. The Balaban J connectivity index is 2.15. The third-order valence-electron chi connectivity index (χ3n) is 3.85. The van der Waals surface area contributed by atoms with Crippen LogP contribution in [0.4, 0.5) is 0 Å². The molecular formula is C16H21NO4. The number of hydrogen-bond acceptors (Lipinski definition) is 3. The Labute approximate surface area is 124 Å². The predicted octanol–water partition coefficient (Wildman–Crippen LogP) is 2.33. The Bertz CT molecular complexity index is 541. The van der Waals surface area contributed by atoms with Gasteiger partial charge in [-0.3, -0.25) is 9.59 Å². The van der Waals surface area contributed by atoms with E-state index in [1.165, 1.54) is 0 Å². The Morgan fingerprint density at radius 3 is 2.86 bits per heavy atom. The molecule has 1 amide bonds. The molecule has 1 aromatic carbocycles. The Morgan fingerprint density at radius 1 is 1.43 bits per heavy atom. The average Bonchev–Trinajstić information content (AvgIpc) is 2.46. The molecule has 0 aliphatic carbocycles. The van der Waals surface area contributed by atoms with E-state index >= 15 is 0 Å². The molecule has 1 fully saturated rings. The van der Waals surface area contributed by atoms with Gasteiger partial charge in [-0.05, 0) is 37.8 Å². The highest BCUT2D eigenvalue weighted by atomic mass is 16.5. The van der Waals surface area contributed by atoms with E-state index in [4.69, 9.17) is 9.84 Å². The quantitative estimate of drug-likeness (QED) is 0.924. The van der Waals surface area contributed by atoms with Crippen molar-refractivity contribution < 1.29 is 19.4 Å². The highest BCUT2D eigenvalue weighted by Crippen LogP contribution is 2.25. The summed E-state index contributed by atoms with van der Waals surface area (Å²) in [5.74, 6) is -0.282. The molecule has 1 heterocycles. The summed E-state index contributed by atoms with van der Waals surface area (Å²) in [6, 6.07) is 5.52. The minimum absolute atomic E-state index is 0.0380. The van der Waals surface area contributed by atoms with Gasteiger partial charge in [0.15, 0.2) is 0 Å². The zero-order valence-corrected chi connectivity index (χ0v) is 12.5. The SMILES string of the molecule is COc1ccc(C)cc1C(=O)N1CCCC(CC(=O)O)C1. The molecule has 0 radical (unpaired) electrons. The van der Waals surface area contributed by atoms with Crippen molar-refractivity contribution in [2.24, 2.45) is 5.92 Å². The van der Waals surface area contributed by atoms with E-state index in [9.17, 15) is 9.59 Å². The van der Waals surface area contributed by atoms with Crippen LogP contribution in [0.3, 0.4) is 0 Å². The van der Waals surface area contributed by atoms with Gasteiger partial charge in [-0.1, -0.05) is 11.6 Å². The van der Waals surface area contributed by atoms with Crippen molar-refractivity contribution in [1.82, 2.24) is 4.90 Å². The zero-order chi connectivity index (χ0) is 15.4. The number of aliphatic carboxylic acids is 1. The fourth-order valence-electron chi connectivity index (χ4n) is 2.82. The second-order valence-electron chi connectivity index (χ2n) is 5.56. The van der Waals surface area contributed by atoms with Crippen LogP contribution in [-0.4, -0.2) is 42.1 Å². The van der Waals surface area contributed by atoms with E-state index < -0.39 is 5.97 Å². The van der Waals surface area contributed by atoms with E-state index in [0.717, 1.165) is 18.4 Å². The summed E-state index contributed by atoms with van der Waals surface area (Å²) >= 11 is 0. The third kappa shape index (κ3) is 3.74. The van der Waals surface area contributed by atoms with Crippen LogP contribution in [0.15, 0.2) is 18.2 Å². The number of rotatable bonds is 4. The van der Waals surface area contributed by atoms with E-state index in [1.54, 1.807) is 18.1 Å². The first kappa shape index (κ1) is 15.4. The number of carboxylic acid groups (broad SMARTS) is 1. The molecule has 0 aromatic heterocycles. The Hall–Kier alpha value is -2.04. The van der Waals surface area contributed by atoms with Gasteiger partial charge in [0.1, 0.15) is 5.75 Å². The van der Waals surface area contributed by atoms with E-state index in [-0.39, 0.29) is 18.2 Å². The number of carboxylic acids is 1. The number of nitrogens with zero attached hydrogens (tertiary/aromatic N) is 1.